The second kappa shape index (κ2) is 7.54. The molecule has 3 aromatic carbocycles. The molecule has 1 heterocycles. The van der Waals surface area contributed by atoms with Gasteiger partial charge in [-0.2, -0.15) is 0 Å². The highest BCUT2D eigenvalue weighted by Crippen LogP contribution is 2.44. The molecule has 0 spiro atoms. The quantitative estimate of drug-likeness (QED) is 0.323. The van der Waals surface area contributed by atoms with Crippen molar-refractivity contribution in [2.75, 3.05) is 7.11 Å². The number of halogens is 2. The van der Waals surface area contributed by atoms with Crippen LogP contribution in [0.1, 0.15) is 29.4 Å². The Bertz CT molecular complexity index is 1290. The van der Waals surface area contributed by atoms with E-state index in [0.29, 0.717) is 15.8 Å². The van der Waals surface area contributed by atoms with Gasteiger partial charge >= 0.3 is 0 Å². The van der Waals surface area contributed by atoms with Crippen LogP contribution in [0.25, 0.3) is 33.5 Å². The second-order valence-corrected chi connectivity index (χ2v) is 8.31. The van der Waals surface area contributed by atoms with Gasteiger partial charge < -0.3 is 9.15 Å². The lowest BCUT2D eigenvalue weighted by molar-refractivity contribution is 0.415. The van der Waals surface area contributed by atoms with Gasteiger partial charge in [-0.25, -0.2) is 0 Å². The molecule has 0 atom stereocenters. The average Bonchev–Trinajstić information content (AvgIpc) is 3.36. The van der Waals surface area contributed by atoms with Crippen LogP contribution in [0.2, 0.25) is 10.0 Å². The van der Waals surface area contributed by atoms with Crippen LogP contribution in [0.4, 0.5) is 0 Å². The van der Waals surface area contributed by atoms with Crippen LogP contribution in [-0.2, 0) is 12.8 Å². The summed E-state index contributed by atoms with van der Waals surface area (Å²) in [6.45, 7) is 2.16. The molecule has 0 unspecified atom stereocenters. The minimum atomic E-state index is 0.506. The number of methoxy groups -OCH3 is 1. The topological polar surface area (TPSA) is 22.4 Å². The van der Waals surface area contributed by atoms with Crippen molar-refractivity contribution < 1.29 is 9.15 Å². The summed E-state index contributed by atoms with van der Waals surface area (Å²) in [5.41, 5.74) is 7.11. The standard InChI is InChI=1S/C26H20Cl2O2/c1-3-15-8-9-16-10-19(25-20-7-5-4-6-17(20)14-30-25)11-21(16)24(15)18-12-22(27)26(29-2)23(28)13-18/h4-9,11-14H,3,10H2,1-2H3. The smallest absolute Gasteiger partial charge is 0.156 e. The zero-order valence-electron chi connectivity index (χ0n) is 16.8. The lowest BCUT2D eigenvalue weighted by Gasteiger charge is -2.15. The maximum Gasteiger partial charge on any atom is 0.156 e. The third kappa shape index (κ3) is 3.03. The normalized spacial score (nSPS) is 12.9. The van der Waals surface area contributed by atoms with E-state index in [0.717, 1.165) is 34.9 Å². The number of ether oxygens (including phenoxy) is 1. The van der Waals surface area contributed by atoms with Gasteiger partial charge in [0.15, 0.2) is 5.75 Å². The van der Waals surface area contributed by atoms with Crippen LogP contribution < -0.4 is 4.74 Å². The lowest BCUT2D eigenvalue weighted by atomic mass is 9.91. The number of rotatable bonds is 4. The first-order chi connectivity index (χ1) is 14.6. The monoisotopic (exact) mass is 434 g/mol. The van der Waals surface area contributed by atoms with E-state index in [-0.39, 0.29) is 0 Å². The van der Waals surface area contributed by atoms with Gasteiger partial charge in [-0.15, -0.1) is 0 Å². The van der Waals surface area contributed by atoms with E-state index in [9.17, 15) is 0 Å². The Balaban J connectivity index is 1.70. The minimum absolute atomic E-state index is 0.506. The molecule has 150 valence electrons. The first-order valence-corrected chi connectivity index (χ1v) is 10.7. The van der Waals surface area contributed by atoms with Crippen molar-refractivity contribution in [3.63, 3.8) is 0 Å². The molecule has 0 aliphatic heterocycles. The molecule has 5 rings (SSSR count). The van der Waals surface area contributed by atoms with Crippen LogP contribution in [-0.4, -0.2) is 7.11 Å². The Labute approximate surface area is 185 Å². The highest BCUT2D eigenvalue weighted by atomic mass is 35.5. The summed E-state index contributed by atoms with van der Waals surface area (Å²) in [7, 11) is 1.58. The van der Waals surface area contributed by atoms with E-state index in [1.54, 1.807) is 7.11 Å². The van der Waals surface area contributed by atoms with Crippen molar-refractivity contribution in [3.05, 3.63) is 87.3 Å². The molecule has 4 aromatic rings. The number of aryl methyl sites for hydroxylation is 1. The summed E-state index contributed by atoms with van der Waals surface area (Å²) in [6.07, 6.45) is 5.83. The van der Waals surface area contributed by atoms with Gasteiger partial charge in [-0.1, -0.05) is 66.5 Å². The minimum Gasteiger partial charge on any atom is -0.494 e. The van der Waals surface area contributed by atoms with E-state index < -0.39 is 0 Å². The Kier molecular flexibility index (Phi) is 4.85. The SMILES string of the molecule is CCc1ccc2c(c1-c1cc(Cl)c(OC)c(Cl)c1)C=C(c1occ3ccccc13)C2. The summed E-state index contributed by atoms with van der Waals surface area (Å²) < 4.78 is 11.3. The Morgan fingerprint density at radius 1 is 1.03 bits per heavy atom. The first-order valence-electron chi connectivity index (χ1n) is 9.96. The number of fused-ring (bicyclic) bond motifs is 2. The van der Waals surface area contributed by atoms with E-state index in [1.807, 2.05) is 30.5 Å². The van der Waals surface area contributed by atoms with Crippen molar-refractivity contribution in [3.8, 4) is 16.9 Å². The van der Waals surface area contributed by atoms with Crippen molar-refractivity contribution in [1.82, 2.24) is 0 Å². The Morgan fingerprint density at radius 3 is 2.53 bits per heavy atom. The molecule has 30 heavy (non-hydrogen) atoms. The number of furan rings is 1. The van der Waals surface area contributed by atoms with Gasteiger partial charge in [0.2, 0.25) is 0 Å². The number of allylic oxidation sites excluding steroid dienone is 1. The molecule has 1 aliphatic rings. The number of benzene rings is 3. The molecular formula is C26H20Cl2O2. The second-order valence-electron chi connectivity index (χ2n) is 7.50. The summed E-state index contributed by atoms with van der Waals surface area (Å²) >= 11 is 12.9. The molecule has 0 radical (unpaired) electrons. The van der Waals surface area contributed by atoms with Crippen LogP contribution in [0.5, 0.6) is 5.75 Å². The Hall–Kier alpha value is -2.68. The highest BCUT2D eigenvalue weighted by Gasteiger charge is 2.23. The summed E-state index contributed by atoms with van der Waals surface area (Å²) in [5.74, 6) is 1.45. The van der Waals surface area contributed by atoms with Gasteiger partial charge in [0.1, 0.15) is 5.76 Å². The van der Waals surface area contributed by atoms with Crippen LogP contribution in [0.3, 0.4) is 0 Å². The Morgan fingerprint density at radius 2 is 1.80 bits per heavy atom. The van der Waals surface area contributed by atoms with Gasteiger partial charge in [0.05, 0.1) is 23.4 Å². The zero-order chi connectivity index (χ0) is 20.8. The van der Waals surface area contributed by atoms with Crippen molar-refractivity contribution >= 4 is 45.6 Å². The average molecular weight is 435 g/mol. The van der Waals surface area contributed by atoms with Crippen LogP contribution in [0, 0.1) is 0 Å². The van der Waals surface area contributed by atoms with E-state index in [4.69, 9.17) is 32.4 Å². The van der Waals surface area contributed by atoms with Crippen LogP contribution in [0.15, 0.2) is 59.2 Å². The van der Waals surface area contributed by atoms with Crippen LogP contribution >= 0.6 is 23.2 Å². The molecule has 0 fully saturated rings. The van der Waals surface area contributed by atoms with Gasteiger partial charge in [-0.05, 0) is 52.4 Å². The van der Waals surface area contributed by atoms with Crippen molar-refractivity contribution in [2.24, 2.45) is 0 Å². The summed E-state index contributed by atoms with van der Waals surface area (Å²) in [6, 6.07) is 16.6. The lowest BCUT2D eigenvalue weighted by Crippen LogP contribution is -1.95. The molecule has 2 nitrogen and oxygen atoms in total. The maximum absolute atomic E-state index is 6.47. The van der Waals surface area contributed by atoms with E-state index in [1.165, 1.54) is 27.8 Å². The molecule has 4 heteroatoms. The fraction of sp³-hybridized carbons (Fsp3) is 0.154. The molecule has 1 aromatic heterocycles. The first kappa shape index (κ1) is 19.3. The molecule has 0 amide bonds. The number of hydrogen-bond acceptors (Lipinski definition) is 2. The molecular weight excluding hydrogens is 415 g/mol. The van der Waals surface area contributed by atoms with Gasteiger partial charge in [0.25, 0.3) is 0 Å². The highest BCUT2D eigenvalue weighted by molar-refractivity contribution is 6.37. The predicted molar refractivity (Wildman–Crippen MR) is 126 cm³/mol. The zero-order valence-corrected chi connectivity index (χ0v) is 18.3. The fourth-order valence-electron chi connectivity index (χ4n) is 4.38. The predicted octanol–water partition coefficient (Wildman–Crippen LogP) is 8.07. The summed E-state index contributed by atoms with van der Waals surface area (Å²) in [4.78, 5) is 0. The molecule has 0 N–H and O–H groups in total. The number of hydrogen-bond donors (Lipinski definition) is 0. The van der Waals surface area contributed by atoms with Crippen molar-refractivity contribution in [2.45, 2.75) is 19.8 Å². The fourth-order valence-corrected chi connectivity index (χ4v) is 5.02. The molecule has 0 saturated heterocycles. The molecule has 0 bridgehead atoms. The largest absolute Gasteiger partial charge is 0.494 e. The third-order valence-electron chi connectivity index (χ3n) is 5.79. The third-order valence-corrected chi connectivity index (χ3v) is 6.36. The molecule has 1 aliphatic carbocycles. The molecule has 0 saturated carbocycles. The summed E-state index contributed by atoms with van der Waals surface area (Å²) in [5, 5.41) is 3.29. The van der Waals surface area contributed by atoms with Gasteiger partial charge in [-0.3, -0.25) is 0 Å². The van der Waals surface area contributed by atoms with E-state index in [2.05, 4.69) is 37.3 Å². The van der Waals surface area contributed by atoms with E-state index >= 15 is 0 Å². The van der Waals surface area contributed by atoms with Crippen molar-refractivity contribution in [1.29, 1.82) is 0 Å². The maximum atomic E-state index is 6.47. The van der Waals surface area contributed by atoms with Gasteiger partial charge in [0, 0.05) is 22.8 Å².